The maximum atomic E-state index is 11.0. The topological polar surface area (TPSA) is 26.3 Å². The van der Waals surface area contributed by atoms with Crippen molar-refractivity contribution in [3.05, 3.63) is 0 Å². The van der Waals surface area contributed by atoms with Gasteiger partial charge >= 0.3 is 0 Å². The van der Waals surface area contributed by atoms with Gasteiger partial charge in [0.1, 0.15) is 5.78 Å². The summed E-state index contributed by atoms with van der Waals surface area (Å²) in [5.41, 5.74) is 0. The third kappa shape index (κ3) is 1.81. The monoisotopic (exact) mass is 142 g/mol. The first-order valence-electron chi connectivity index (χ1n) is 3.89. The van der Waals surface area contributed by atoms with Gasteiger partial charge in [0.2, 0.25) is 0 Å². The molecule has 0 aromatic carbocycles. The maximum Gasteiger partial charge on any atom is 0.138 e. The molecule has 1 fully saturated rings. The molecule has 2 atom stereocenters. The van der Waals surface area contributed by atoms with E-state index < -0.39 is 0 Å². The maximum absolute atomic E-state index is 11.0. The first kappa shape index (κ1) is 7.73. The highest BCUT2D eigenvalue weighted by molar-refractivity contribution is 5.79. The van der Waals surface area contributed by atoms with Gasteiger partial charge in [-0.25, -0.2) is 0 Å². The average molecular weight is 142 g/mol. The van der Waals surface area contributed by atoms with E-state index in [0.717, 1.165) is 6.42 Å². The fourth-order valence-electron chi connectivity index (χ4n) is 1.32. The van der Waals surface area contributed by atoms with Crippen molar-refractivity contribution in [1.29, 1.82) is 0 Å². The summed E-state index contributed by atoms with van der Waals surface area (Å²) in [5.74, 6) is 0.352. The summed E-state index contributed by atoms with van der Waals surface area (Å²) in [6.45, 7) is 4.01. The number of hydrogen-bond donors (Lipinski definition) is 0. The Morgan fingerprint density at radius 2 is 2.30 bits per heavy atom. The van der Waals surface area contributed by atoms with E-state index in [1.807, 2.05) is 6.92 Å². The van der Waals surface area contributed by atoms with Crippen molar-refractivity contribution in [1.82, 2.24) is 0 Å². The predicted molar refractivity (Wildman–Crippen MR) is 38.9 cm³/mol. The number of rotatable bonds is 1. The third-order valence-corrected chi connectivity index (χ3v) is 1.85. The molecule has 0 aliphatic carbocycles. The lowest BCUT2D eigenvalue weighted by Crippen LogP contribution is -2.30. The fraction of sp³-hybridized carbons (Fsp3) is 0.875. The van der Waals surface area contributed by atoms with Crippen LogP contribution < -0.4 is 0 Å². The van der Waals surface area contributed by atoms with Crippen LogP contribution in [0.1, 0.15) is 33.1 Å². The molecule has 2 nitrogen and oxygen atoms in total. The molecule has 1 rings (SSSR count). The molecule has 0 N–H and O–H groups in total. The molecule has 1 aliphatic heterocycles. The summed E-state index contributed by atoms with van der Waals surface area (Å²) in [5, 5.41) is 0. The van der Waals surface area contributed by atoms with Gasteiger partial charge in [-0.2, -0.15) is 0 Å². The van der Waals surface area contributed by atoms with E-state index in [1.165, 1.54) is 0 Å². The Morgan fingerprint density at radius 3 is 2.80 bits per heavy atom. The third-order valence-electron chi connectivity index (χ3n) is 1.85. The van der Waals surface area contributed by atoms with E-state index in [4.69, 9.17) is 4.74 Å². The number of hydrogen-bond acceptors (Lipinski definition) is 2. The van der Waals surface area contributed by atoms with Crippen LogP contribution in [0.25, 0.3) is 0 Å². The van der Waals surface area contributed by atoms with E-state index in [1.54, 1.807) is 0 Å². The molecule has 1 aliphatic rings. The van der Waals surface area contributed by atoms with Crippen molar-refractivity contribution in [2.45, 2.75) is 45.3 Å². The average Bonchev–Trinajstić information content (AvgIpc) is 1.85. The Balaban J connectivity index is 2.42. The van der Waals surface area contributed by atoms with Gasteiger partial charge in [-0.3, -0.25) is 4.79 Å². The normalized spacial score (nSPS) is 34.4. The molecule has 0 aromatic rings. The minimum atomic E-state index is 0.145. The lowest BCUT2D eigenvalue weighted by molar-refractivity contribution is -0.134. The predicted octanol–water partition coefficient (Wildman–Crippen LogP) is 1.53. The molecule has 0 bridgehead atoms. The largest absolute Gasteiger partial charge is 0.374 e. The fourth-order valence-corrected chi connectivity index (χ4v) is 1.32. The molecule has 2 heteroatoms. The van der Waals surface area contributed by atoms with Crippen LogP contribution in [0.3, 0.4) is 0 Å². The zero-order valence-corrected chi connectivity index (χ0v) is 6.59. The van der Waals surface area contributed by atoms with Crippen LogP contribution in [-0.2, 0) is 9.53 Å². The van der Waals surface area contributed by atoms with Crippen molar-refractivity contribution in [2.75, 3.05) is 0 Å². The molecule has 10 heavy (non-hydrogen) atoms. The molecule has 0 aromatic heterocycles. The second-order valence-electron chi connectivity index (χ2n) is 2.92. The smallest absolute Gasteiger partial charge is 0.138 e. The van der Waals surface area contributed by atoms with Crippen LogP contribution in [-0.4, -0.2) is 18.0 Å². The molecular formula is C8H14O2. The molecule has 0 spiro atoms. The second-order valence-corrected chi connectivity index (χ2v) is 2.92. The lowest BCUT2D eigenvalue weighted by atomic mass is 10.0. The van der Waals surface area contributed by atoms with Gasteiger partial charge in [0.05, 0.1) is 12.2 Å². The van der Waals surface area contributed by atoms with E-state index in [2.05, 4.69) is 6.92 Å². The Kier molecular flexibility index (Phi) is 2.44. The number of ketones is 1. The first-order chi connectivity index (χ1) is 4.72. The van der Waals surface area contributed by atoms with Crippen molar-refractivity contribution >= 4 is 5.78 Å². The van der Waals surface area contributed by atoms with Crippen molar-refractivity contribution in [3.8, 4) is 0 Å². The molecule has 58 valence electrons. The second kappa shape index (κ2) is 3.15. The Labute approximate surface area is 61.6 Å². The summed E-state index contributed by atoms with van der Waals surface area (Å²) in [6.07, 6.45) is 2.52. The number of carbonyl (C=O) groups is 1. The zero-order chi connectivity index (χ0) is 7.56. The van der Waals surface area contributed by atoms with Crippen molar-refractivity contribution in [2.24, 2.45) is 0 Å². The van der Waals surface area contributed by atoms with Gasteiger partial charge in [0, 0.05) is 12.8 Å². The van der Waals surface area contributed by atoms with Gasteiger partial charge in [-0.1, -0.05) is 6.92 Å². The van der Waals surface area contributed by atoms with Crippen LogP contribution in [0.2, 0.25) is 0 Å². The van der Waals surface area contributed by atoms with Gasteiger partial charge in [0.15, 0.2) is 0 Å². The SMILES string of the molecule is CC[C@@H]1CC(=O)CC(C)O1. The number of ether oxygens (including phenoxy) is 1. The van der Waals surface area contributed by atoms with Gasteiger partial charge < -0.3 is 4.74 Å². The highest BCUT2D eigenvalue weighted by atomic mass is 16.5. The van der Waals surface area contributed by atoms with Crippen LogP contribution in [0, 0.1) is 0 Å². The van der Waals surface area contributed by atoms with Gasteiger partial charge in [-0.05, 0) is 13.3 Å². The zero-order valence-electron chi connectivity index (χ0n) is 6.59. The Bertz CT molecular complexity index is 131. The summed E-state index contributed by atoms with van der Waals surface area (Å²) in [6, 6.07) is 0. The molecule has 0 amide bonds. The van der Waals surface area contributed by atoms with E-state index in [0.29, 0.717) is 18.6 Å². The van der Waals surface area contributed by atoms with Crippen LogP contribution in [0.4, 0.5) is 0 Å². The molecule has 1 heterocycles. The standard InChI is InChI=1S/C8H14O2/c1-3-8-5-7(9)4-6(2)10-8/h6,8H,3-5H2,1-2H3/t6?,8-/m1/s1. The summed E-state index contributed by atoms with van der Waals surface area (Å²) in [4.78, 5) is 11.0. The Morgan fingerprint density at radius 1 is 1.60 bits per heavy atom. The number of Topliss-reactive ketones (excluding diaryl/α,β-unsaturated/α-hetero) is 1. The molecule has 0 radical (unpaired) electrons. The molecule has 0 saturated carbocycles. The van der Waals surface area contributed by atoms with E-state index in [-0.39, 0.29) is 12.2 Å². The van der Waals surface area contributed by atoms with Crippen molar-refractivity contribution < 1.29 is 9.53 Å². The molecular weight excluding hydrogens is 128 g/mol. The highest BCUT2D eigenvalue weighted by Gasteiger charge is 2.23. The van der Waals surface area contributed by atoms with Crippen LogP contribution in [0.15, 0.2) is 0 Å². The Hall–Kier alpha value is -0.370. The van der Waals surface area contributed by atoms with Crippen LogP contribution in [0.5, 0.6) is 0 Å². The highest BCUT2D eigenvalue weighted by Crippen LogP contribution is 2.17. The minimum absolute atomic E-state index is 0.145. The van der Waals surface area contributed by atoms with E-state index in [9.17, 15) is 4.79 Å². The van der Waals surface area contributed by atoms with Gasteiger partial charge in [0.25, 0.3) is 0 Å². The summed E-state index contributed by atoms with van der Waals surface area (Å²) < 4.78 is 5.48. The van der Waals surface area contributed by atoms with Crippen molar-refractivity contribution in [3.63, 3.8) is 0 Å². The van der Waals surface area contributed by atoms with Gasteiger partial charge in [-0.15, -0.1) is 0 Å². The van der Waals surface area contributed by atoms with E-state index >= 15 is 0 Å². The van der Waals surface area contributed by atoms with Crippen LogP contribution >= 0.6 is 0 Å². The number of carbonyl (C=O) groups excluding carboxylic acids is 1. The minimum Gasteiger partial charge on any atom is -0.374 e. The quantitative estimate of drug-likeness (QED) is 0.555. The molecule has 1 unspecified atom stereocenters. The summed E-state index contributed by atoms with van der Waals surface area (Å²) >= 11 is 0. The summed E-state index contributed by atoms with van der Waals surface area (Å²) in [7, 11) is 0. The first-order valence-corrected chi connectivity index (χ1v) is 3.89. The lowest BCUT2D eigenvalue weighted by Gasteiger charge is -2.25. The molecule has 1 saturated heterocycles.